The first kappa shape index (κ1) is 33.7. The zero-order chi connectivity index (χ0) is 34.5. The molecule has 2 N–H and O–H groups in total. The van der Waals surface area contributed by atoms with Crippen LogP contribution >= 0.6 is 38.6 Å². The Balaban J connectivity index is 0.000000174. The zero-order valence-electron chi connectivity index (χ0n) is 26.1. The molecule has 3 aromatic carbocycles. The minimum atomic E-state index is -0.670. The lowest BCUT2D eigenvalue weighted by Gasteiger charge is -2.08. The molecule has 0 saturated carbocycles. The van der Waals surface area contributed by atoms with E-state index >= 15 is 0 Å². The largest absolute Gasteiger partial charge is 0.504 e. The summed E-state index contributed by atoms with van der Waals surface area (Å²) in [5, 5.41) is 22.4. The summed E-state index contributed by atoms with van der Waals surface area (Å²) in [7, 11) is 0. The first-order chi connectivity index (χ1) is 23.8. The molecule has 0 fully saturated rings. The minimum absolute atomic E-state index is 0.117. The number of aromatic nitrogens is 4. The second-order valence-electron chi connectivity index (χ2n) is 10.2. The fourth-order valence-corrected chi connectivity index (χ4v) is 7.43. The lowest BCUT2D eigenvalue weighted by molar-refractivity contribution is 0.0506. The van der Waals surface area contributed by atoms with Crippen molar-refractivity contribution in [1.82, 2.24) is 19.9 Å². The van der Waals surface area contributed by atoms with Gasteiger partial charge in [-0.1, -0.05) is 91.0 Å². The second kappa shape index (κ2) is 14.9. The molecule has 10 nitrogen and oxygen atoms in total. The number of fused-ring (bicyclic) bond motifs is 2. The Hall–Kier alpha value is -5.24. The van der Waals surface area contributed by atoms with Gasteiger partial charge in [0.05, 0.1) is 28.3 Å². The van der Waals surface area contributed by atoms with Crippen LogP contribution in [0.2, 0.25) is 0 Å². The number of thiazole rings is 2. The molecule has 0 atom stereocenters. The van der Waals surface area contributed by atoms with E-state index < -0.39 is 11.9 Å². The lowest BCUT2D eigenvalue weighted by atomic mass is 10.1. The fraction of sp³-hybridized carbons (Fsp3) is 0.111. The number of ether oxygens (including phenoxy) is 2. The van der Waals surface area contributed by atoms with Crippen molar-refractivity contribution in [2.75, 3.05) is 13.2 Å². The quantitative estimate of drug-likeness (QED) is 0.120. The predicted octanol–water partition coefficient (Wildman–Crippen LogP) is 8.91. The van der Waals surface area contributed by atoms with Gasteiger partial charge in [0.1, 0.15) is 25.7 Å². The summed E-state index contributed by atoms with van der Waals surface area (Å²) < 4.78 is 11.8. The first-order valence-corrected chi connectivity index (χ1v) is 17.5. The van der Waals surface area contributed by atoms with E-state index in [1.165, 1.54) is 22.7 Å². The summed E-state index contributed by atoms with van der Waals surface area (Å²) in [6.45, 7) is 3.81. The van der Waals surface area contributed by atoms with Crippen molar-refractivity contribution >= 4 is 71.0 Å². The van der Waals surface area contributed by atoms with Crippen LogP contribution in [0.5, 0.6) is 11.5 Å². The van der Waals surface area contributed by atoms with Crippen LogP contribution in [0.15, 0.2) is 95.6 Å². The van der Waals surface area contributed by atoms with Crippen LogP contribution in [0, 0.1) is 0 Å². The van der Waals surface area contributed by atoms with Gasteiger partial charge in [-0.05, 0) is 29.8 Å². The number of aromatic hydroxyl groups is 2. The number of nitrogens with zero attached hydrogens (tertiary/aromatic N) is 4. The van der Waals surface area contributed by atoms with Crippen LogP contribution in [-0.4, -0.2) is 55.3 Å². The third kappa shape index (κ3) is 7.00. The van der Waals surface area contributed by atoms with E-state index in [0.717, 1.165) is 31.4 Å². The first-order valence-electron chi connectivity index (χ1n) is 15.0. The molecule has 4 heterocycles. The number of carbonyl (C=O) groups excluding carboxylic acids is 2. The summed E-state index contributed by atoms with van der Waals surface area (Å²) >= 11 is 6.15. The van der Waals surface area contributed by atoms with Crippen LogP contribution in [0.25, 0.3) is 52.8 Å². The fourth-order valence-electron chi connectivity index (χ4n) is 4.79. The average Bonchev–Trinajstić information content (AvgIpc) is 3.79. The molecule has 246 valence electrons. The van der Waals surface area contributed by atoms with E-state index in [1.54, 1.807) is 13.8 Å². The summed E-state index contributed by atoms with van der Waals surface area (Å²) in [4.78, 5) is 41.7. The lowest BCUT2D eigenvalue weighted by Crippen LogP contribution is -2.08. The van der Waals surface area contributed by atoms with Crippen LogP contribution in [0.3, 0.4) is 0 Å². The standard InChI is InChI=1S/C21H16N2O3S.C15H11BrN2O3S/c1-2-26-21(25)17-18(24)16-19(15(22-17)13-9-5-3-6-10-13)27-20(23-16)14-11-7-4-8-12-14;1-2-21-15(20)10-11(19)9-12(13(16)17-10)22-14(18-9)8-6-4-3-5-7-8/h3-12,24H,2H2,1H3;3-7,19H,2H2,1H3. The monoisotopic (exact) mass is 754 g/mol. The molecule has 7 aromatic rings. The van der Waals surface area contributed by atoms with Gasteiger partial charge in [-0.2, -0.15) is 0 Å². The number of rotatable bonds is 7. The summed E-state index contributed by atoms with van der Waals surface area (Å²) in [5.41, 5.74) is 3.77. The highest BCUT2D eigenvalue weighted by molar-refractivity contribution is 9.10. The van der Waals surface area contributed by atoms with E-state index in [2.05, 4.69) is 35.9 Å². The van der Waals surface area contributed by atoms with Crippen molar-refractivity contribution in [3.63, 3.8) is 0 Å². The Bertz CT molecular complexity index is 2280. The molecular formula is C36H27BrN4O6S2. The molecule has 4 aromatic heterocycles. The molecule has 13 heteroatoms. The van der Waals surface area contributed by atoms with Crippen molar-refractivity contribution in [2.24, 2.45) is 0 Å². The number of hydrogen-bond donors (Lipinski definition) is 2. The summed E-state index contributed by atoms with van der Waals surface area (Å²) in [5.74, 6) is -1.84. The van der Waals surface area contributed by atoms with Gasteiger partial charge in [-0.15, -0.1) is 22.7 Å². The van der Waals surface area contributed by atoms with E-state index in [4.69, 9.17) is 9.47 Å². The molecule has 49 heavy (non-hydrogen) atoms. The van der Waals surface area contributed by atoms with Crippen molar-refractivity contribution in [2.45, 2.75) is 13.8 Å². The van der Waals surface area contributed by atoms with Crippen LogP contribution in [0.4, 0.5) is 0 Å². The Labute approximate surface area is 296 Å². The van der Waals surface area contributed by atoms with Gasteiger partial charge in [-0.3, -0.25) is 0 Å². The summed E-state index contributed by atoms with van der Waals surface area (Å²) in [6.07, 6.45) is 0. The van der Waals surface area contributed by atoms with E-state index in [9.17, 15) is 19.8 Å². The normalized spacial score (nSPS) is 10.8. The van der Waals surface area contributed by atoms with Gasteiger partial charge >= 0.3 is 11.9 Å². The van der Waals surface area contributed by atoms with Crippen molar-refractivity contribution in [1.29, 1.82) is 0 Å². The zero-order valence-corrected chi connectivity index (χ0v) is 29.3. The maximum absolute atomic E-state index is 12.3. The number of benzene rings is 3. The van der Waals surface area contributed by atoms with E-state index in [-0.39, 0.29) is 36.1 Å². The Morgan fingerprint density at radius 1 is 0.612 bits per heavy atom. The van der Waals surface area contributed by atoms with Crippen molar-refractivity contribution in [3.05, 3.63) is 107 Å². The number of esters is 2. The SMILES string of the molecule is CCOC(=O)c1nc(-c2ccccc2)c2sc(-c3ccccc3)nc2c1O.CCOC(=O)c1nc(Br)c2sc(-c3ccccc3)nc2c1O. The van der Waals surface area contributed by atoms with Gasteiger partial charge in [0.2, 0.25) is 0 Å². The Morgan fingerprint density at radius 2 is 1.02 bits per heavy atom. The molecule has 0 saturated heterocycles. The minimum Gasteiger partial charge on any atom is -0.504 e. The van der Waals surface area contributed by atoms with Crippen molar-refractivity contribution < 1.29 is 29.3 Å². The number of pyridine rings is 2. The third-order valence-corrected chi connectivity index (χ3v) is 10.1. The predicted molar refractivity (Wildman–Crippen MR) is 194 cm³/mol. The van der Waals surface area contributed by atoms with E-state index in [0.29, 0.717) is 26.0 Å². The molecular weight excluding hydrogens is 728 g/mol. The topological polar surface area (TPSA) is 145 Å². The van der Waals surface area contributed by atoms with Gasteiger partial charge in [-0.25, -0.2) is 29.5 Å². The molecule has 0 radical (unpaired) electrons. The van der Waals surface area contributed by atoms with Crippen LogP contribution in [-0.2, 0) is 9.47 Å². The second-order valence-corrected chi connectivity index (χ2v) is 12.9. The van der Waals surface area contributed by atoms with Crippen LogP contribution in [0.1, 0.15) is 34.8 Å². The molecule has 0 aliphatic carbocycles. The molecule has 0 unspecified atom stereocenters. The molecule has 7 rings (SSSR count). The highest BCUT2D eigenvalue weighted by Crippen LogP contribution is 2.41. The maximum Gasteiger partial charge on any atom is 0.360 e. The van der Waals surface area contributed by atoms with Gasteiger partial charge in [0.25, 0.3) is 0 Å². The van der Waals surface area contributed by atoms with Crippen LogP contribution < -0.4 is 0 Å². The molecule has 0 aliphatic rings. The van der Waals surface area contributed by atoms with Gasteiger partial charge in [0, 0.05) is 16.7 Å². The smallest absolute Gasteiger partial charge is 0.360 e. The average molecular weight is 756 g/mol. The van der Waals surface area contributed by atoms with Crippen molar-refractivity contribution in [3.8, 4) is 43.9 Å². The van der Waals surface area contributed by atoms with E-state index in [1.807, 2.05) is 91.0 Å². The number of halogens is 1. The third-order valence-electron chi connectivity index (χ3n) is 7.01. The Kier molecular flexibility index (Phi) is 10.2. The summed E-state index contributed by atoms with van der Waals surface area (Å²) in [6, 6.07) is 28.9. The number of carbonyl (C=O) groups is 2. The molecule has 0 aliphatic heterocycles. The number of hydrogen-bond acceptors (Lipinski definition) is 12. The highest BCUT2D eigenvalue weighted by Gasteiger charge is 2.25. The van der Waals surface area contributed by atoms with Gasteiger partial charge < -0.3 is 19.7 Å². The molecule has 0 bridgehead atoms. The molecule has 0 amide bonds. The maximum atomic E-state index is 12.3. The van der Waals surface area contributed by atoms with Gasteiger partial charge in [0.15, 0.2) is 22.9 Å². The highest BCUT2D eigenvalue weighted by atomic mass is 79.9. The molecule has 0 spiro atoms. The Morgan fingerprint density at radius 3 is 1.49 bits per heavy atom.